The molecule has 2 aliphatic rings. The highest BCUT2D eigenvalue weighted by atomic mass is 19.1. The molecule has 0 radical (unpaired) electrons. The molecule has 4 nitrogen and oxygen atoms in total. The van der Waals surface area contributed by atoms with Crippen molar-refractivity contribution in [1.82, 2.24) is 10.3 Å². The zero-order valence-electron chi connectivity index (χ0n) is 15.8. The number of carbonyl (C=O) groups excluding carboxylic acids is 2. The van der Waals surface area contributed by atoms with Crippen molar-refractivity contribution in [2.45, 2.75) is 37.4 Å². The maximum Gasteiger partial charge on any atom is 0.231 e. The Labute approximate surface area is 168 Å². The molecule has 2 aromatic rings. The fraction of sp³-hybridized carbons (Fsp3) is 0.348. The number of rotatable bonds is 4. The summed E-state index contributed by atoms with van der Waals surface area (Å²) in [5, 5.41) is 2.77. The molecular weight excluding hydrogens is 374 g/mol. The van der Waals surface area contributed by atoms with Gasteiger partial charge in [0.05, 0.1) is 12.2 Å². The van der Waals surface area contributed by atoms with Crippen LogP contribution in [-0.4, -0.2) is 28.9 Å². The lowest BCUT2D eigenvalue weighted by molar-refractivity contribution is -0.139. The molecule has 1 amide bonds. The van der Waals surface area contributed by atoms with Crippen LogP contribution in [0.15, 0.2) is 54.9 Å². The van der Waals surface area contributed by atoms with E-state index in [1.54, 1.807) is 0 Å². The van der Waals surface area contributed by atoms with Crippen LogP contribution in [0.25, 0.3) is 6.08 Å². The topological polar surface area (TPSA) is 59.1 Å². The van der Waals surface area contributed by atoms with Crippen molar-refractivity contribution in [2.75, 3.05) is 0 Å². The Hall–Kier alpha value is -2.89. The van der Waals surface area contributed by atoms with Crippen LogP contribution >= 0.6 is 0 Å². The third-order valence-electron chi connectivity index (χ3n) is 5.94. The number of benzene rings is 1. The van der Waals surface area contributed by atoms with Crippen molar-refractivity contribution in [2.24, 2.45) is 11.8 Å². The Morgan fingerprint density at radius 1 is 1.17 bits per heavy atom. The van der Waals surface area contributed by atoms with E-state index in [1.165, 1.54) is 24.4 Å². The van der Waals surface area contributed by atoms with Crippen molar-refractivity contribution >= 4 is 17.8 Å². The van der Waals surface area contributed by atoms with Crippen LogP contribution in [0.5, 0.6) is 0 Å². The minimum atomic E-state index is -1.10. The van der Waals surface area contributed by atoms with E-state index in [0.717, 1.165) is 24.6 Å². The number of nitrogens with zero attached hydrogens (tertiary/aromatic N) is 1. The number of aromatic nitrogens is 1. The van der Waals surface area contributed by atoms with Crippen LogP contribution in [-0.2, 0) is 9.59 Å². The highest BCUT2D eigenvalue weighted by Gasteiger charge is 2.50. The van der Waals surface area contributed by atoms with Crippen molar-refractivity contribution < 1.29 is 18.4 Å². The predicted octanol–water partition coefficient (Wildman–Crippen LogP) is 3.84. The van der Waals surface area contributed by atoms with Crippen LogP contribution in [0.2, 0.25) is 0 Å². The molecule has 5 unspecified atom stereocenters. The minimum Gasteiger partial charge on any atom is -0.349 e. The number of ketones is 1. The van der Waals surface area contributed by atoms with Crippen LogP contribution < -0.4 is 5.32 Å². The largest absolute Gasteiger partial charge is 0.349 e. The van der Waals surface area contributed by atoms with Gasteiger partial charge in [-0.05, 0) is 48.1 Å². The molecule has 1 aromatic heterocycles. The Morgan fingerprint density at radius 3 is 2.72 bits per heavy atom. The first-order valence-electron chi connectivity index (χ1n) is 9.86. The number of carbonyl (C=O) groups is 2. The zero-order chi connectivity index (χ0) is 20.4. The highest BCUT2D eigenvalue weighted by molar-refractivity contribution is 6.09. The Morgan fingerprint density at radius 2 is 1.97 bits per heavy atom. The average Bonchev–Trinajstić information content (AvgIpc) is 2.72. The summed E-state index contributed by atoms with van der Waals surface area (Å²) in [6.07, 6.45) is 6.08. The molecule has 4 rings (SSSR count). The molecule has 1 aliphatic heterocycles. The van der Waals surface area contributed by atoms with Gasteiger partial charge in [0.1, 0.15) is 17.9 Å². The van der Waals surface area contributed by atoms with Gasteiger partial charge in [-0.3, -0.25) is 14.6 Å². The van der Waals surface area contributed by atoms with E-state index in [9.17, 15) is 18.4 Å². The fourth-order valence-electron chi connectivity index (χ4n) is 4.66. The maximum atomic E-state index is 14.6. The van der Waals surface area contributed by atoms with Crippen LogP contribution in [0.4, 0.5) is 8.78 Å². The third kappa shape index (κ3) is 3.97. The van der Waals surface area contributed by atoms with Gasteiger partial charge in [-0.2, -0.15) is 0 Å². The Balaban J connectivity index is 1.67. The summed E-state index contributed by atoms with van der Waals surface area (Å²) in [6.45, 7) is 0. The first-order chi connectivity index (χ1) is 14.0. The number of pyridine rings is 1. The number of allylic oxidation sites excluding steroid dienone is 1. The van der Waals surface area contributed by atoms with Gasteiger partial charge in [0.15, 0.2) is 5.78 Å². The summed E-state index contributed by atoms with van der Waals surface area (Å²) < 4.78 is 27.9. The molecular formula is C23H22F2N2O2. The summed E-state index contributed by atoms with van der Waals surface area (Å²) in [4.78, 5) is 29.7. The van der Waals surface area contributed by atoms with Gasteiger partial charge < -0.3 is 5.32 Å². The van der Waals surface area contributed by atoms with Crippen LogP contribution in [0.1, 0.15) is 36.3 Å². The van der Waals surface area contributed by atoms with Gasteiger partial charge >= 0.3 is 0 Å². The van der Waals surface area contributed by atoms with Crippen molar-refractivity contribution in [3.05, 3.63) is 71.8 Å². The van der Waals surface area contributed by atoms with Crippen molar-refractivity contribution in [3.63, 3.8) is 0 Å². The molecule has 1 N–H and O–H groups in total. The first kappa shape index (κ1) is 19.4. The number of halogens is 2. The molecule has 1 saturated carbocycles. The SMILES string of the molecule is O=C(/C=C/c1cncc(F)c1)C1C(=O)NC2C(F)CCCC2C1c1ccccc1. The summed E-state index contributed by atoms with van der Waals surface area (Å²) in [5.74, 6) is -2.80. The summed E-state index contributed by atoms with van der Waals surface area (Å²) in [6, 6.07) is 10.1. The quantitative estimate of drug-likeness (QED) is 0.631. The van der Waals surface area contributed by atoms with E-state index in [2.05, 4.69) is 10.3 Å². The molecule has 0 spiro atoms. The third-order valence-corrected chi connectivity index (χ3v) is 5.94. The lowest BCUT2D eigenvalue weighted by Crippen LogP contribution is -2.59. The second-order valence-corrected chi connectivity index (χ2v) is 7.73. The first-order valence-corrected chi connectivity index (χ1v) is 9.86. The molecule has 29 heavy (non-hydrogen) atoms. The van der Waals surface area contributed by atoms with Gasteiger partial charge in [-0.25, -0.2) is 8.78 Å². The van der Waals surface area contributed by atoms with E-state index >= 15 is 0 Å². The minimum absolute atomic E-state index is 0.142. The second kappa shape index (κ2) is 8.23. The standard InChI is InChI=1S/C23H22F2N2O2/c24-16-11-14(12-26-13-16)9-10-19(28)21-20(15-5-2-1-3-6-15)17-7-4-8-18(25)22(17)27-23(21)29/h1-3,5-6,9-13,17-18,20-22H,4,7-8H2,(H,27,29)/b10-9+. The second-order valence-electron chi connectivity index (χ2n) is 7.73. The molecule has 5 atom stereocenters. The van der Waals surface area contributed by atoms with Gasteiger partial charge in [0.2, 0.25) is 5.91 Å². The molecule has 1 aromatic carbocycles. The Bertz CT molecular complexity index is 931. The van der Waals surface area contributed by atoms with Gasteiger partial charge in [-0.15, -0.1) is 0 Å². The van der Waals surface area contributed by atoms with Crippen LogP contribution in [0, 0.1) is 17.7 Å². The van der Waals surface area contributed by atoms with Gasteiger partial charge in [0, 0.05) is 12.1 Å². The van der Waals surface area contributed by atoms with E-state index < -0.39 is 35.8 Å². The maximum absolute atomic E-state index is 14.6. The molecule has 1 aliphatic carbocycles. The van der Waals surface area contributed by atoms with E-state index in [4.69, 9.17) is 0 Å². The van der Waals surface area contributed by atoms with Crippen molar-refractivity contribution in [1.29, 1.82) is 0 Å². The number of hydrogen-bond acceptors (Lipinski definition) is 3. The van der Waals surface area contributed by atoms with E-state index in [1.807, 2.05) is 30.3 Å². The fourth-order valence-corrected chi connectivity index (χ4v) is 4.66. The molecule has 6 heteroatoms. The van der Waals surface area contributed by atoms with Gasteiger partial charge in [0.25, 0.3) is 0 Å². The van der Waals surface area contributed by atoms with E-state index in [0.29, 0.717) is 12.0 Å². The van der Waals surface area contributed by atoms with Gasteiger partial charge in [-0.1, -0.05) is 36.8 Å². The summed E-state index contributed by atoms with van der Waals surface area (Å²) in [7, 11) is 0. The number of alkyl halides is 1. The molecule has 1 saturated heterocycles. The number of nitrogens with one attached hydrogen (secondary N) is 1. The number of fused-ring (bicyclic) bond motifs is 1. The normalized spacial score (nSPS) is 29.3. The zero-order valence-corrected chi connectivity index (χ0v) is 15.8. The highest BCUT2D eigenvalue weighted by Crippen LogP contribution is 2.45. The predicted molar refractivity (Wildman–Crippen MR) is 105 cm³/mol. The average molecular weight is 396 g/mol. The lowest BCUT2D eigenvalue weighted by Gasteiger charge is -2.46. The summed E-state index contributed by atoms with van der Waals surface area (Å²) >= 11 is 0. The smallest absolute Gasteiger partial charge is 0.231 e. The summed E-state index contributed by atoms with van der Waals surface area (Å²) in [5.41, 5.74) is 1.30. The molecule has 150 valence electrons. The number of piperidine rings is 1. The monoisotopic (exact) mass is 396 g/mol. The van der Waals surface area contributed by atoms with Crippen molar-refractivity contribution in [3.8, 4) is 0 Å². The molecule has 0 bridgehead atoms. The molecule has 2 heterocycles. The Kier molecular flexibility index (Phi) is 5.51. The number of amides is 1. The number of hydrogen-bond donors (Lipinski definition) is 1. The van der Waals surface area contributed by atoms with Crippen LogP contribution in [0.3, 0.4) is 0 Å². The lowest BCUT2D eigenvalue weighted by atomic mass is 9.64. The molecule has 2 fully saturated rings. The van der Waals surface area contributed by atoms with E-state index in [-0.39, 0.29) is 11.7 Å².